The summed E-state index contributed by atoms with van der Waals surface area (Å²) in [5.74, 6) is -1.98. The summed E-state index contributed by atoms with van der Waals surface area (Å²) in [6.07, 6.45) is 11.8. The molecule has 1 fully saturated rings. The second-order valence-corrected chi connectivity index (χ2v) is 14.2. The monoisotopic (exact) mass is 681 g/mol. The molecule has 0 amide bonds. The van der Waals surface area contributed by atoms with Crippen LogP contribution in [0.1, 0.15) is 133 Å². The van der Waals surface area contributed by atoms with Crippen molar-refractivity contribution in [3.8, 4) is 11.5 Å². The molecule has 2 aromatic rings. The van der Waals surface area contributed by atoms with Gasteiger partial charge in [0.15, 0.2) is 0 Å². The van der Waals surface area contributed by atoms with Crippen LogP contribution >= 0.6 is 0 Å². The molecular weight excluding hydrogens is 627 g/mol. The van der Waals surface area contributed by atoms with Gasteiger partial charge in [-0.1, -0.05) is 86.3 Å². The third kappa shape index (κ3) is 12.9. The molecule has 1 aliphatic rings. The Morgan fingerprint density at radius 2 is 1.33 bits per heavy atom. The normalized spacial score (nSPS) is 17.0. The quantitative estimate of drug-likeness (QED) is 0.113. The zero-order valence-corrected chi connectivity index (χ0v) is 29.9. The summed E-state index contributed by atoms with van der Waals surface area (Å²) in [4.78, 5) is 28.8. The van der Waals surface area contributed by atoms with Crippen LogP contribution in [0.2, 0.25) is 0 Å². The number of nitrogens with zero attached hydrogens (tertiary/aromatic N) is 2. The van der Waals surface area contributed by atoms with Crippen molar-refractivity contribution < 1.29 is 46.8 Å². The minimum Gasteiger partial charge on any atom is -0.507 e. The number of phenolic OH excluding ortho intramolecular Hbond substituents is 2. The fraction of sp³-hybridized carbons (Fsp3) is 0.568. The van der Waals surface area contributed by atoms with Gasteiger partial charge in [-0.05, 0) is 72.3 Å². The number of aromatic hydroxyl groups is 2. The van der Waals surface area contributed by atoms with Gasteiger partial charge in [-0.15, -0.1) is 0 Å². The van der Waals surface area contributed by atoms with Crippen LogP contribution in [0.4, 0.5) is 0 Å². The van der Waals surface area contributed by atoms with E-state index in [0.717, 1.165) is 60.8 Å². The Labute approximate surface area is 285 Å². The molecular formula is C37H54CoN2O6. The average Bonchev–Trinajstić information content (AvgIpc) is 2.92. The molecule has 1 saturated carbocycles. The molecule has 8 nitrogen and oxygen atoms in total. The number of hydrogen-bond donors (Lipinski definition) is 4. The second-order valence-electron chi connectivity index (χ2n) is 14.2. The standard InChI is InChI=1S/C34H50N2O2.C3H4O4.Co/c1-9-10-11-14-24-17-23(2)31(37)25(18-24)21-35-29-15-12-13-16-30(29)36-22-26-19-27(33(3,4)5)20-28(32(26)38)34(6,7)8;4-2(5)1-3(6)7;/h17-22,29-30,37-38H,9-16H2,1-8H3;1H2,(H,4,5)(H,6,7);. The molecule has 3 rings (SSSR count). The van der Waals surface area contributed by atoms with E-state index < -0.39 is 18.4 Å². The maximum absolute atomic E-state index is 11.2. The number of rotatable bonds is 10. The summed E-state index contributed by atoms with van der Waals surface area (Å²) >= 11 is 0. The summed E-state index contributed by atoms with van der Waals surface area (Å²) in [6, 6.07) is 8.54. The first-order valence-electron chi connectivity index (χ1n) is 16.1. The van der Waals surface area contributed by atoms with Gasteiger partial charge >= 0.3 is 11.9 Å². The Hall–Kier alpha value is -3.17. The van der Waals surface area contributed by atoms with Gasteiger partial charge in [0.1, 0.15) is 17.9 Å². The minimum absolute atomic E-state index is 0. The zero-order valence-electron chi connectivity index (χ0n) is 28.8. The van der Waals surface area contributed by atoms with Crippen LogP contribution in [-0.2, 0) is 43.6 Å². The molecule has 2 atom stereocenters. The van der Waals surface area contributed by atoms with Gasteiger partial charge in [0, 0.05) is 45.9 Å². The van der Waals surface area contributed by atoms with E-state index in [9.17, 15) is 19.8 Å². The largest absolute Gasteiger partial charge is 0.507 e. The fourth-order valence-corrected chi connectivity index (χ4v) is 5.39. The summed E-state index contributed by atoms with van der Waals surface area (Å²) in [7, 11) is 0. The summed E-state index contributed by atoms with van der Waals surface area (Å²) in [5, 5.41) is 37.3. The van der Waals surface area contributed by atoms with Gasteiger partial charge in [0.05, 0.1) is 12.1 Å². The van der Waals surface area contributed by atoms with Crippen molar-refractivity contribution in [3.05, 3.63) is 57.6 Å². The van der Waals surface area contributed by atoms with Crippen LogP contribution in [0, 0.1) is 6.92 Å². The molecule has 0 aliphatic heterocycles. The SMILES string of the molecule is CCCCCc1cc(C)c(O)c(C=NC2CCCCC2N=Cc2cc(C(C)(C)C)cc(C(C)(C)C)c2O)c1.O=C(O)CC(=O)O.[Co]. The molecule has 1 aliphatic carbocycles. The van der Waals surface area contributed by atoms with Crippen LogP contribution in [0.5, 0.6) is 11.5 Å². The number of carboxylic acid groups (broad SMARTS) is 2. The summed E-state index contributed by atoms with van der Waals surface area (Å²) in [6.45, 7) is 17.2. The summed E-state index contributed by atoms with van der Waals surface area (Å²) in [5.41, 5.74) is 5.70. The van der Waals surface area contributed by atoms with Gasteiger partial charge in [-0.25, -0.2) is 0 Å². The first kappa shape index (κ1) is 40.8. The van der Waals surface area contributed by atoms with Crippen molar-refractivity contribution in [2.75, 3.05) is 0 Å². The zero-order chi connectivity index (χ0) is 33.9. The van der Waals surface area contributed by atoms with E-state index in [2.05, 4.69) is 72.7 Å². The number of aryl methyl sites for hydroxylation is 2. The van der Waals surface area contributed by atoms with Crippen molar-refractivity contribution in [1.82, 2.24) is 0 Å². The number of hydrogen-bond acceptors (Lipinski definition) is 6. The number of unbranched alkanes of at least 4 members (excludes halogenated alkanes) is 2. The van der Waals surface area contributed by atoms with Gasteiger partial charge in [0.2, 0.25) is 0 Å². The molecule has 2 aromatic carbocycles. The van der Waals surface area contributed by atoms with E-state index >= 15 is 0 Å². The van der Waals surface area contributed by atoms with E-state index in [-0.39, 0.29) is 39.7 Å². The molecule has 0 aromatic heterocycles. The molecule has 0 spiro atoms. The molecule has 9 heteroatoms. The molecule has 2 unspecified atom stereocenters. The van der Waals surface area contributed by atoms with Crippen LogP contribution in [0.15, 0.2) is 34.3 Å². The van der Waals surface area contributed by atoms with Gasteiger partial charge in [-0.2, -0.15) is 0 Å². The minimum atomic E-state index is -1.31. The molecule has 4 N–H and O–H groups in total. The Morgan fingerprint density at radius 3 is 1.76 bits per heavy atom. The predicted molar refractivity (Wildman–Crippen MR) is 183 cm³/mol. The maximum atomic E-state index is 11.2. The van der Waals surface area contributed by atoms with Crippen molar-refractivity contribution >= 4 is 24.4 Å². The van der Waals surface area contributed by atoms with E-state index in [4.69, 9.17) is 20.2 Å². The number of benzene rings is 2. The van der Waals surface area contributed by atoms with Crippen LogP contribution in [-0.4, -0.2) is 56.9 Å². The van der Waals surface area contributed by atoms with Crippen molar-refractivity contribution in [2.45, 2.75) is 136 Å². The van der Waals surface area contributed by atoms with Crippen LogP contribution < -0.4 is 0 Å². The topological polar surface area (TPSA) is 140 Å². The van der Waals surface area contributed by atoms with E-state index in [1.807, 2.05) is 19.4 Å². The Bertz CT molecular complexity index is 1360. The van der Waals surface area contributed by atoms with Crippen LogP contribution in [0.3, 0.4) is 0 Å². The Morgan fingerprint density at radius 1 is 0.804 bits per heavy atom. The van der Waals surface area contributed by atoms with Gasteiger partial charge in [-0.3, -0.25) is 19.6 Å². The van der Waals surface area contributed by atoms with Crippen molar-refractivity contribution in [2.24, 2.45) is 9.98 Å². The molecule has 46 heavy (non-hydrogen) atoms. The number of carbonyl (C=O) groups is 2. The van der Waals surface area contributed by atoms with E-state index in [1.54, 1.807) is 0 Å². The molecule has 0 saturated heterocycles. The van der Waals surface area contributed by atoms with E-state index in [1.165, 1.54) is 24.0 Å². The fourth-order valence-electron chi connectivity index (χ4n) is 5.39. The maximum Gasteiger partial charge on any atom is 0.314 e. The number of carboxylic acids is 2. The van der Waals surface area contributed by atoms with Gasteiger partial charge in [0.25, 0.3) is 0 Å². The second kappa shape index (κ2) is 18.2. The van der Waals surface area contributed by atoms with Crippen molar-refractivity contribution in [1.29, 1.82) is 0 Å². The molecule has 0 bridgehead atoms. The molecule has 1 radical (unpaired) electrons. The van der Waals surface area contributed by atoms with Gasteiger partial charge < -0.3 is 20.4 Å². The average molecular weight is 682 g/mol. The number of aliphatic imine (C=N–C) groups is 2. The molecule has 257 valence electrons. The Balaban J connectivity index is 0.00000119. The van der Waals surface area contributed by atoms with Crippen LogP contribution in [0.25, 0.3) is 0 Å². The number of phenols is 2. The molecule has 0 heterocycles. The number of aliphatic carboxylic acids is 2. The first-order chi connectivity index (χ1) is 20.9. The third-order valence-corrected chi connectivity index (χ3v) is 8.08. The predicted octanol–water partition coefficient (Wildman–Crippen LogP) is 8.13. The van der Waals surface area contributed by atoms with Crippen molar-refractivity contribution in [3.63, 3.8) is 0 Å². The third-order valence-electron chi connectivity index (χ3n) is 8.08. The van der Waals surface area contributed by atoms with E-state index in [0.29, 0.717) is 11.5 Å². The Kier molecular flexibility index (Phi) is 16.2. The smallest absolute Gasteiger partial charge is 0.314 e. The summed E-state index contributed by atoms with van der Waals surface area (Å²) < 4.78 is 0. The first-order valence-corrected chi connectivity index (χ1v) is 16.1.